The molecule has 7 heteroatoms. The number of piperidine rings is 1. The van der Waals surface area contributed by atoms with Crippen molar-refractivity contribution in [3.8, 4) is 11.3 Å². The smallest absolute Gasteiger partial charge is 0.275 e. The maximum atomic E-state index is 12.5. The lowest BCUT2D eigenvalue weighted by Crippen LogP contribution is -2.26. The van der Waals surface area contributed by atoms with Crippen LogP contribution in [0.15, 0.2) is 40.3 Å². The molecule has 0 radical (unpaired) electrons. The number of benzene rings is 1. The molecule has 0 unspecified atom stereocenters. The molecule has 134 valence electrons. The van der Waals surface area contributed by atoms with E-state index in [2.05, 4.69) is 20.6 Å². The number of nitrogens with zero attached hydrogens (tertiary/aromatic N) is 2. The topological polar surface area (TPSA) is 80.0 Å². The number of hydrogen-bond donors (Lipinski definition) is 2. The van der Waals surface area contributed by atoms with Gasteiger partial charge in [-0.15, -0.1) is 11.3 Å². The van der Waals surface area contributed by atoms with Crippen molar-refractivity contribution in [2.75, 3.05) is 18.4 Å². The van der Waals surface area contributed by atoms with Crippen molar-refractivity contribution < 1.29 is 9.21 Å². The van der Waals surface area contributed by atoms with Crippen molar-refractivity contribution in [1.29, 1.82) is 0 Å². The number of rotatable bonds is 4. The van der Waals surface area contributed by atoms with Gasteiger partial charge >= 0.3 is 0 Å². The van der Waals surface area contributed by atoms with Crippen LogP contribution >= 0.6 is 11.3 Å². The Balaban J connectivity index is 1.42. The van der Waals surface area contributed by atoms with Gasteiger partial charge in [0.25, 0.3) is 5.91 Å². The Hall–Kier alpha value is -2.51. The summed E-state index contributed by atoms with van der Waals surface area (Å²) in [7, 11) is 0. The molecule has 0 saturated carbocycles. The van der Waals surface area contributed by atoms with Gasteiger partial charge in [-0.1, -0.05) is 0 Å². The van der Waals surface area contributed by atoms with Crippen LogP contribution in [-0.2, 0) is 0 Å². The molecule has 3 heterocycles. The molecule has 6 nitrogen and oxygen atoms in total. The van der Waals surface area contributed by atoms with E-state index in [9.17, 15) is 4.79 Å². The highest BCUT2D eigenvalue weighted by Gasteiger charge is 2.20. The molecule has 4 rings (SSSR count). The van der Waals surface area contributed by atoms with Crippen LogP contribution in [0.4, 0.5) is 5.69 Å². The summed E-state index contributed by atoms with van der Waals surface area (Å²) in [5.41, 5.74) is 2.13. The summed E-state index contributed by atoms with van der Waals surface area (Å²) < 4.78 is 5.51. The van der Waals surface area contributed by atoms with Gasteiger partial charge in [0, 0.05) is 29.5 Å². The Bertz CT molecular complexity index is 894. The minimum absolute atomic E-state index is 0.176. The van der Waals surface area contributed by atoms with Gasteiger partial charge in [-0.3, -0.25) is 4.79 Å². The maximum absolute atomic E-state index is 12.5. The van der Waals surface area contributed by atoms with Crippen molar-refractivity contribution in [1.82, 2.24) is 15.3 Å². The predicted octanol–water partition coefficient (Wildman–Crippen LogP) is 3.83. The summed E-state index contributed by atoms with van der Waals surface area (Å²) in [4.78, 5) is 21.1. The molecule has 1 aliphatic heterocycles. The molecule has 0 bridgehead atoms. The lowest BCUT2D eigenvalue weighted by atomic mass is 9.99. The van der Waals surface area contributed by atoms with E-state index in [1.165, 1.54) is 0 Å². The maximum Gasteiger partial charge on any atom is 0.275 e. The van der Waals surface area contributed by atoms with Gasteiger partial charge in [0.2, 0.25) is 0 Å². The average Bonchev–Trinajstić information content (AvgIpc) is 3.32. The van der Waals surface area contributed by atoms with Crippen LogP contribution in [0.5, 0.6) is 0 Å². The molecule has 0 aliphatic carbocycles. The lowest BCUT2D eigenvalue weighted by Gasteiger charge is -2.20. The lowest BCUT2D eigenvalue weighted by molar-refractivity contribution is 0.102. The highest BCUT2D eigenvalue weighted by molar-refractivity contribution is 7.09. The zero-order chi connectivity index (χ0) is 17.9. The molecule has 1 aliphatic rings. The van der Waals surface area contributed by atoms with Crippen molar-refractivity contribution in [2.45, 2.75) is 25.7 Å². The summed E-state index contributed by atoms with van der Waals surface area (Å²) >= 11 is 1.58. The number of hydrogen-bond acceptors (Lipinski definition) is 6. The van der Waals surface area contributed by atoms with E-state index < -0.39 is 0 Å². The Labute approximate surface area is 155 Å². The van der Waals surface area contributed by atoms with Crippen molar-refractivity contribution >= 4 is 22.9 Å². The third kappa shape index (κ3) is 3.68. The molecule has 2 N–H and O–H groups in total. The number of thiazole rings is 1. The number of anilines is 1. The van der Waals surface area contributed by atoms with Crippen molar-refractivity contribution in [3.05, 3.63) is 52.4 Å². The normalized spacial score (nSPS) is 15.1. The second-order valence-corrected chi connectivity index (χ2v) is 7.26. The van der Waals surface area contributed by atoms with E-state index in [0.717, 1.165) is 42.2 Å². The van der Waals surface area contributed by atoms with Gasteiger partial charge in [-0.05, 0) is 50.2 Å². The fourth-order valence-electron chi connectivity index (χ4n) is 3.06. The first-order chi connectivity index (χ1) is 12.7. The zero-order valence-corrected chi connectivity index (χ0v) is 15.3. The monoisotopic (exact) mass is 368 g/mol. The molecule has 2 aromatic heterocycles. The van der Waals surface area contributed by atoms with Gasteiger partial charge in [-0.2, -0.15) is 0 Å². The number of aryl methyl sites for hydroxylation is 1. The van der Waals surface area contributed by atoms with Crippen LogP contribution in [0.25, 0.3) is 11.3 Å². The molecule has 1 fully saturated rings. The fourth-order valence-corrected chi connectivity index (χ4v) is 4.03. The molecular weight excluding hydrogens is 348 g/mol. The Morgan fingerprint density at radius 3 is 2.73 bits per heavy atom. The van der Waals surface area contributed by atoms with Crippen LogP contribution < -0.4 is 10.6 Å². The van der Waals surface area contributed by atoms with E-state index in [0.29, 0.717) is 23.3 Å². The predicted molar refractivity (Wildman–Crippen MR) is 102 cm³/mol. The highest BCUT2D eigenvalue weighted by Crippen LogP contribution is 2.28. The quantitative estimate of drug-likeness (QED) is 0.732. The van der Waals surface area contributed by atoms with E-state index in [1.807, 2.05) is 36.6 Å². The van der Waals surface area contributed by atoms with E-state index in [4.69, 9.17) is 4.42 Å². The van der Waals surface area contributed by atoms with Crippen LogP contribution in [0.2, 0.25) is 0 Å². The van der Waals surface area contributed by atoms with Crippen LogP contribution in [0.3, 0.4) is 0 Å². The molecule has 1 amide bonds. The van der Waals surface area contributed by atoms with Crippen molar-refractivity contribution in [3.63, 3.8) is 0 Å². The number of carbonyl (C=O) groups excluding carboxylic acids is 1. The molecular formula is C19H20N4O2S. The minimum Gasteiger partial charge on any atom is -0.441 e. The zero-order valence-electron chi connectivity index (χ0n) is 14.5. The van der Waals surface area contributed by atoms with Crippen LogP contribution in [-0.4, -0.2) is 29.0 Å². The molecule has 0 spiro atoms. The summed E-state index contributed by atoms with van der Waals surface area (Å²) in [6, 6.07) is 7.50. The third-order valence-corrected chi connectivity index (χ3v) is 5.50. The standard InChI is InChI=1S/C19H20N4O2S/c1-12-21-10-17(25-12)13-2-4-15(5-3-13)22-18(24)16-11-26-19(23-16)14-6-8-20-9-7-14/h2-5,10-11,14,20H,6-9H2,1H3,(H,22,24). The second-order valence-electron chi connectivity index (χ2n) is 6.37. The van der Waals surface area contributed by atoms with Gasteiger partial charge in [0.1, 0.15) is 5.69 Å². The molecule has 1 aromatic carbocycles. The van der Waals surface area contributed by atoms with Crippen LogP contribution in [0.1, 0.15) is 40.1 Å². The van der Waals surface area contributed by atoms with E-state index in [1.54, 1.807) is 17.5 Å². The Kier molecular flexibility index (Phi) is 4.81. The van der Waals surface area contributed by atoms with E-state index >= 15 is 0 Å². The van der Waals surface area contributed by atoms with Crippen LogP contribution in [0, 0.1) is 6.92 Å². The first kappa shape index (κ1) is 16.9. The SMILES string of the molecule is Cc1ncc(-c2ccc(NC(=O)c3csc(C4CCNCC4)n3)cc2)o1. The summed E-state index contributed by atoms with van der Waals surface area (Å²) in [5.74, 6) is 1.63. The third-order valence-electron chi connectivity index (χ3n) is 4.49. The molecule has 1 saturated heterocycles. The summed E-state index contributed by atoms with van der Waals surface area (Å²) in [6.07, 6.45) is 3.86. The molecule has 26 heavy (non-hydrogen) atoms. The Morgan fingerprint density at radius 1 is 1.27 bits per heavy atom. The number of amides is 1. The number of aromatic nitrogens is 2. The first-order valence-corrected chi connectivity index (χ1v) is 9.57. The molecule has 0 atom stereocenters. The molecule has 3 aromatic rings. The van der Waals surface area contributed by atoms with Gasteiger partial charge in [0.15, 0.2) is 11.7 Å². The second kappa shape index (κ2) is 7.39. The Morgan fingerprint density at radius 2 is 2.04 bits per heavy atom. The van der Waals surface area contributed by atoms with Gasteiger partial charge in [0.05, 0.1) is 11.2 Å². The number of carbonyl (C=O) groups is 1. The minimum atomic E-state index is -0.176. The summed E-state index contributed by atoms with van der Waals surface area (Å²) in [5, 5.41) is 9.16. The van der Waals surface area contributed by atoms with Crippen molar-refractivity contribution in [2.24, 2.45) is 0 Å². The number of oxazole rings is 1. The number of nitrogens with one attached hydrogen (secondary N) is 2. The summed E-state index contributed by atoms with van der Waals surface area (Å²) in [6.45, 7) is 3.84. The average molecular weight is 368 g/mol. The van der Waals surface area contributed by atoms with Gasteiger partial charge in [-0.25, -0.2) is 9.97 Å². The van der Waals surface area contributed by atoms with Gasteiger partial charge < -0.3 is 15.1 Å². The highest BCUT2D eigenvalue weighted by atomic mass is 32.1. The first-order valence-electron chi connectivity index (χ1n) is 8.69. The largest absolute Gasteiger partial charge is 0.441 e. The fraction of sp³-hybridized carbons (Fsp3) is 0.316. The van der Waals surface area contributed by atoms with E-state index in [-0.39, 0.29) is 5.91 Å².